The highest BCUT2D eigenvalue weighted by Crippen LogP contribution is 2.28. The molecule has 0 aliphatic rings. The molecule has 4 aromatic heterocycles. The van der Waals surface area contributed by atoms with Gasteiger partial charge in [0.15, 0.2) is 41.2 Å². The number of aromatic nitrogens is 4. The molecule has 0 fully saturated rings. The van der Waals surface area contributed by atoms with Gasteiger partial charge in [0.05, 0.1) is 31.3 Å². The highest BCUT2D eigenvalue weighted by atomic mass is 32.2. The summed E-state index contributed by atoms with van der Waals surface area (Å²) in [6.07, 6.45) is 4.64. The summed E-state index contributed by atoms with van der Waals surface area (Å²) < 4.78 is 139. The Morgan fingerprint density at radius 2 is 1.25 bits per heavy atom. The zero-order valence-electron chi connectivity index (χ0n) is 33.0. The summed E-state index contributed by atoms with van der Waals surface area (Å²) in [4.78, 5) is 35.6. The van der Waals surface area contributed by atoms with Gasteiger partial charge < -0.3 is 19.8 Å². The molecular formula is C43H30F6N6O8S2. The Morgan fingerprint density at radius 1 is 0.662 bits per heavy atom. The number of hydrogen-bond acceptors (Lipinski definition) is 11. The van der Waals surface area contributed by atoms with Crippen molar-refractivity contribution < 1.29 is 61.9 Å². The topological polar surface area (TPSA) is 192 Å². The Balaban J connectivity index is 0.000000196. The molecule has 334 valence electrons. The molecule has 0 aliphatic carbocycles. The fourth-order valence-corrected chi connectivity index (χ4v) is 8.44. The summed E-state index contributed by atoms with van der Waals surface area (Å²) >= 11 is 0. The van der Waals surface area contributed by atoms with Crippen molar-refractivity contribution in [3.05, 3.63) is 174 Å². The van der Waals surface area contributed by atoms with Crippen LogP contribution in [0.2, 0.25) is 0 Å². The van der Waals surface area contributed by atoms with Gasteiger partial charge in [0, 0.05) is 49.5 Å². The Labute approximate surface area is 364 Å². The maximum Gasteiger partial charge on any atom is 0.422 e. The van der Waals surface area contributed by atoms with E-state index in [1.807, 2.05) is 0 Å². The van der Waals surface area contributed by atoms with Crippen molar-refractivity contribution >= 4 is 48.2 Å². The van der Waals surface area contributed by atoms with Crippen LogP contribution < -0.4 is 15.4 Å². The molecule has 2 amide bonds. The SMILES string of the molecule is O=C(NCc1ccc(S(=O)(=O)c2ccc(F)c(F)c2)cc1)c1cnc2nccn2c1.O=C(NCc1ccc(S(=O)(=O)c2ccc(OCC(F)(F)F)c(F)c2)cc1)c1cc2ccncc2o1. The normalized spacial score (nSPS) is 11.8. The molecule has 0 saturated heterocycles. The van der Waals surface area contributed by atoms with Gasteiger partial charge in [-0.3, -0.25) is 19.0 Å². The van der Waals surface area contributed by atoms with E-state index >= 15 is 0 Å². The number of fused-ring (bicyclic) bond motifs is 2. The summed E-state index contributed by atoms with van der Waals surface area (Å²) in [7, 11) is -8.15. The van der Waals surface area contributed by atoms with E-state index in [0.29, 0.717) is 40.2 Å². The lowest BCUT2D eigenvalue weighted by atomic mass is 10.2. The van der Waals surface area contributed by atoms with Gasteiger partial charge in [0.2, 0.25) is 25.5 Å². The van der Waals surface area contributed by atoms with Crippen molar-refractivity contribution in [3.63, 3.8) is 0 Å². The molecule has 0 spiro atoms. The van der Waals surface area contributed by atoms with Crippen LogP contribution in [0.1, 0.15) is 32.0 Å². The van der Waals surface area contributed by atoms with E-state index in [4.69, 9.17) is 4.42 Å². The number of furan rings is 1. The van der Waals surface area contributed by atoms with Crippen molar-refractivity contribution in [2.75, 3.05) is 6.61 Å². The van der Waals surface area contributed by atoms with Crippen LogP contribution >= 0.6 is 0 Å². The molecule has 0 radical (unpaired) electrons. The summed E-state index contributed by atoms with van der Waals surface area (Å²) in [5.41, 5.74) is 2.04. The van der Waals surface area contributed by atoms with Crippen LogP contribution in [0.15, 0.2) is 158 Å². The van der Waals surface area contributed by atoms with E-state index in [2.05, 4.69) is 30.3 Å². The van der Waals surface area contributed by atoms with Gasteiger partial charge >= 0.3 is 6.18 Å². The van der Waals surface area contributed by atoms with Gasteiger partial charge in [0.1, 0.15) is 0 Å². The largest absolute Gasteiger partial charge is 0.481 e. The molecule has 0 saturated carbocycles. The van der Waals surface area contributed by atoms with E-state index in [0.717, 1.165) is 29.7 Å². The van der Waals surface area contributed by atoms with Crippen molar-refractivity contribution in [1.29, 1.82) is 0 Å². The Morgan fingerprint density at radius 3 is 1.83 bits per heavy atom. The average molecular weight is 937 g/mol. The third kappa shape index (κ3) is 10.8. The number of nitrogens with one attached hydrogen (secondary N) is 2. The first-order chi connectivity index (χ1) is 30.9. The molecule has 65 heavy (non-hydrogen) atoms. The maximum atomic E-state index is 14.1. The van der Waals surface area contributed by atoms with Crippen molar-refractivity contribution in [2.24, 2.45) is 0 Å². The third-order valence-electron chi connectivity index (χ3n) is 9.23. The molecule has 0 atom stereocenters. The highest BCUT2D eigenvalue weighted by Gasteiger charge is 2.29. The summed E-state index contributed by atoms with van der Waals surface area (Å²) in [5.74, 6) is -4.57. The number of carbonyl (C=O) groups is 2. The average Bonchev–Trinajstić information content (AvgIpc) is 3.96. The Bertz CT molecular complexity index is 3240. The molecule has 4 heterocycles. The van der Waals surface area contributed by atoms with Gasteiger partial charge in [-0.2, -0.15) is 13.2 Å². The van der Waals surface area contributed by atoms with Gasteiger partial charge in [-0.25, -0.2) is 40.0 Å². The predicted octanol–water partition coefficient (Wildman–Crippen LogP) is 7.44. The summed E-state index contributed by atoms with van der Waals surface area (Å²) in [5, 5.41) is 6.10. The number of nitrogens with zero attached hydrogens (tertiary/aromatic N) is 4. The van der Waals surface area contributed by atoms with Crippen LogP contribution in [0, 0.1) is 17.5 Å². The predicted molar refractivity (Wildman–Crippen MR) is 217 cm³/mol. The quantitative estimate of drug-likeness (QED) is 0.0914. The van der Waals surface area contributed by atoms with E-state index in [1.165, 1.54) is 60.9 Å². The maximum absolute atomic E-state index is 14.1. The molecule has 22 heteroatoms. The second kappa shape index (κ2) is 18.6. The van der Waals surface area contributed by atoms with Gasteiger partial charge in [-0.05, 0) is 83.9 Å². The zero-order valence-corrected chi connectivity index (χ0v) is 34.6. The fourth-order valence-electron chi connectivity index (χ4n) is 5.90. The minimum absolute atomic E-state index is 0.0710. The monoisotopic (exact) mass is 936 g/mol. The first-order valence-electron chi connectivity index (χ1n) is 18.7. The number of hydrogen-bond donors (Lipinski definition) is 2. The number of sulfone groups is 2. The number of amides is 2. The van der Waals surface area contributed by atoms with E-state index in [9.17, 15) is 52.8 Å². The van der Waals surface area contributed by atoms with Crippen molar-refractivity contribution in [1.82, 2.24) is 30.0 Å². The Kier molecular flexibility index (Phi) is 13.0. The van der Waals surface area contributed by atoms with Crippen molar-refractivity contribution in [2.45, 2.75) is 38.8 Å². The summed E-state index contributed by atoms with van der Waals surface area (Å²) in [6, 6.07) is 19.3. The second-order valence-corrected chi connectivity index (χ2v) is 17.6. The lowest BCUT2D eigenvalue weighted by molar-refractivity contribution is -0.153. The molecule has 8 rings (SSSR count). The van der Waals surface area contributed by atoms with Crippen LogP contribution in [0.4, 0.5) is 26.3 Å². The number of imidazole rings is 1. The van der Waals surface area contributed by atoms with Crippen LogP contribution in [0.25, 0.3) is 16.7 Å². The first-order valence-corrected chi connectivity index (χ1v) is 21.6. The number of ether oxygens (including phenoxy) is 1. The molecule has 2 N–H and O–H groups in total. The number of halogens is 6. The van der Waals surface area contributed by atoms with Crippen LogP contribution in [-0.4, -0.2) is 60.8 Å². The van der Waals surface area contributed by atoms with Gasteiger partial charge in [-0.1, -0.05) is 24.3 Å². The number of benzene rings is 4. The number of alkyl halides is 3. The van der Waals surface area contributed by atoms with Crippen LogP contribution in [0.5, 0.6) is 5.75 Å². The molecule has 0 bridgehead atoms. The standard InChI is InChI=1S/C23H16F4N2O5S.C20H14F2N4O3S/c24-18-10-17(5-6-19(18)33-13-23(25,26)27)35(31,32)16-3-1-14(2-4-16)11-29-22(30)20-9-15-7-8-28-12-21(15)34-20;21-17-6-5-16(9-18(17)22)30(28,29)15-3-1-13(2-4-15)10-24-19(27)14-11-25-20-23-7-8-26(20)12-14/h1-10,12H,11,13H2,(H,29,30);1-9,11-12H,10H2,(H,24,27). The highest BCUT2D eigenvalue weighted by molar-refractivity contribution is 7.91. The molecule has 0 unspecified atom stereocenters. The molecule has 4 aromatic carbocycles. The minimum Gasteiger partial charge on any atom is -0.481 e. The molecule has 8 aromatic rings. The second-order valence-electron chi connectivity index (χ2n) is 13.7. The van der Waals surface area contributed by atoms with Crippen LogP contribution in [0.3, 0.4) is 0 Å². The zero-order chi connectivity index (χ0) is 46.5. The molecule has 14 nitrogen and oxygen atoms in total. The smallest absolute Gasteiger partial charge is 0.422 e. The number of rotatable bonds is 12. The van der Waals surface area contributed by atoms with Gasteiger partial charge in [-0.15, -0.1) is 0 Å². The van der Waals surface area contributed by atoms with Crippen LogP contribution in [-0.2, 0) is 32.8 Å². The molecule has 0 aliphatic heterocycles. The lowest BCUT2D eigenvalue weighted by Crippen LogP contribution is -2.23. The number of carbonyl (C=O) groups excluding carboxylic acids is 2. The van der Waals surface area contributed by atoms with Gasteiger partial charge in [0.25, 0.3) is 11.8 Å². The van der Waals surface area contributed by atoms with E-state index in [1.54, 1.807) is 41.3 Å². The summed E-state index contributed by atoms with van der Waals surface area (Å²) in [6.45, 7) is -1.47. The van der Waals surface area contributed by atoms with E-state index < -0.39 is 66.5 Å². The lowest BCUT2D eigenvalue weighted by Gasteiger charge is -2.11. The third-order valence-corrected chi connectivity index (χ3v) is 12.8. The Hall–Kier alpha value is -7.59. The van der Waals surface area contributed by atoms with Crippen molar-refractivity contribution in [3.8, 4) is 5.75 Å². The van der Waals surface area contributed by atoms with E-state index in [-0.39, 0.29) is 39.4 Å². The number of pyridine rings is 1. The molecular weight excluding hydrogens is 907 g/mol. The minimum atomic E-state index is -4.66. The first kappa shape index (κ1) is 45.4. The fraction of sp³-hybridized carbons (Fsp3) is 0.0930.